The van der Waals surface area contributed by atoms with Gasteiger partial charge >= 0.3 is 0 Å². The average molecular weight is 958 g/mol. The number of hydrogen-bond acceptors (Lipinski definition) is 1. The van der Waals surface area contributed by atoms with E-state index in [1.165, 1.54) is 124 Å². The van der Waals surface area contributed by atoms with Crippen molar-refractivity contribution in [3.05, 3.63) is 257 Å². The van der Waals surface area contributed by atoms with E-state index in [4.69, 9.17) is 0 Å². The van der Waals surface area contributed by atoms with E-state index < -0.39 is 5.41 Å². The van der Waals surface area contributed by atoms with E-state index >= 15 is 0 Å². The van der Waals surface area contributed by atoms with Crippen LogP contribution >= 0.6 is 0 Å². The van der Waals surface area contributed by atoms with Crippen LogP contribution in [0.1, 0.15) is 126 Å². The summed E-state index contributed by atoms with van der Waals surface area (Å²) in [5, 5.41) is 5.10. The first-order chi connectivity index (χ1) is 35.7. The Kier molecular flexibility index (Phi) is 10.5. The zero-order valence-electron chi connectivity index (χ0n) is 44.5. The molecule has 0 N–H and O–H groups in total. The van der Waals surface area contributed by atoms with Crippen LogP contribution in [0.4, 0.5) is 17.1 Å². The molecule has 0 radical (unpaired) electrons. The lowest BCUT2D eigenvalue weighted by Gasteiger charge is -2.43. The summed E-state index contributed by atoms with van der Waals surface area (Å²) in [6, 6.07) is 81.6. The second-order valence-corrected chi connectivity index (χ2v) is 24.5. The second kappa shape index (κ2) is 16.8. The lowest BCUT2D eigenvalue weighted by atomic mass is 9.63. The predicted octanol–water partition coefficient (Wildman–Crippen LogP) is 19.9. The molecule has 0 spiro atoms. The summed E-state index contributed by atoms with van der Waals surface area (Å²) in [6.45, 7) is 19.6. The number of rotatable bonds is 7. The van der Waals surface area contributed by atoms with Crippen LogP contribution in [-0.4, -0.2) is 0 Å². The highest BCUT2D eigenvalue weighted by Crippen LogP contribution is 2.60. The zero-order valence-corrected chi connectivity index (χ0v) is 44.5. The third kappa shape index (κ3) is 7.10. The summed E-state index contributed by atoms with van der Waals surface area (Å²) in [5.74, 6) is 0. The minimum absolute atomic E-state index is 0.0165. The molecule has 0 atom stereocenters. The van der Waals surface area contributed by atoms with Crippen molar-refractivity contribution < 1.29 is 0 Å². The predicted molar refractivity (Wildman–Crippen MR) is 315 cm³/mol. The Bertz CT molecular complexity index is 3790. The van der Waals surface area contributed by atoms with Gasteiger partial charge in [0.05, 0.1) is 11.1 Å². The number of nitrogens with zero attached hydrogens (tertiary/aromatic N) is 1. The Morgan fingerprint density at radius 2 is 0.797 bits per heavy atom. The van der Waals surface area contributed by atoms with E-state index in [0.717, 1.165) is 18.5 Å². The van der Waals surface area contributed by atoms with E-state index in [2.05, 4.69) is 273 Å². The first kappa shape index (κ1) is 46.3. The van der Waals surface area contributed by atoms with Crippen LogP contribution in [0.2, 0.25) is 0 Å². The monoisotopic (exact) mass is 958 g/mol. The Hall–Kier alpha value is -7.48. The second-order valence-electron chi connectivity index (χ2n) is 24.5. The quantitative estimate of drug-likeness (QED) is 0.144. The molecule has 0 heterocycles. The molecule has 0 saturated carbocycles. The van der Waals surface area contributed by atoms with E-state index in [0.29, 0.717) is 0 Å². The number of benzene rings is 10. The molecule has 0 unspecified atom stereocenters. The molecule has 10 aromatic rings. The molecule has 1 nitrogen and oxygen atoms in total. The van der Waals surface area contributed by atoms with Crippen molar-refractivity contribution in [3.63, 3.8) is 0 Å². The van der Waals surface area contributed by atoms with Crippen LogP contribution in [0, 0.1) is 0 Å². The number of fused-ring (bicyclic) bond motifs is 8. The molecule has 3 aliphatic rings. The fraction of sp³-hybridized carbons (Fsp3) is 0.233. The first-order valence-electron chi connectivity index (χ1n) is 27.2. The van der Waals surface area contributed by atoms with Gasteiger partial charge in [-0.1, -0.05) is 225 Å². The maximum absolute atomic E-state index is 2.62. The van der Waals surface area contributed by atoms with Gasteiger partial charge < -0.3 is 4.90 Å². The van der Waals surface area contributed by atoms with Gasteiger partial charge in [-0.05, 0) is 184 Å². The molecule has 0 bridgehead atoms. The van der Waals surface area contributed by atoms with Gasteiger partial charge in [0, 0.05) is 16.9 Å². The van der Waals surface area contributed by atoms with E-state index in [-0.39, 0.29) is 21.7 Å². The summed E-state index contributed by atoms with van der Waals surface area (Å²) in [5.41, 5.74) is 21.7. The first-order valence-corrected chi connectivity index (χ1v) is 27.2. The summed E-state index contributed by atoms with van der Waals surface area (Å²) in [6.07, 6.45) is 4.65. The largest absolute Gasteiger partial charge is 0.310 e. The Labute approximate surface area is 439 Å². The molecule has 0 aliphatic heterocycles. The zero-order chi connectivity index (χ0) is 50.8. The standard InChI is InChI=1S/C73H67N/c1-69(2)39-41-71(5,6)66-44-50(33-37-63(66)69)60-46-61-58-29-19-20-30-62(58)73(51-22-11-9-12-23-51,52-24-13-10-14-25-52)65(61)47-68(60)74(54-36-38-64-67(45-54)72(7,8)42-40-70(64,3)4)53-34-31-48(32-35-53)59-43-49-21-15-16-26-55(49)56-27-17-18-28-57(56)59/h9-38,43-47H,39-42H2,1-8H3. The van der Waals surface area contributed by atoms with Gasteiger partial charge in [0.15, 0.2) is 0 Å². The Morgan fingerprint density at radius 3 is 1.45 bits per heavy atom. The summed E-state index contributed by atoms with van der Waals surface area (Å²) < 4.78 is 0. The fourth-order valence-corrected chi connectivity index (χ4v) is 13.9. The third-order valence-corrected chi connectivity index (χ3v) is 18.3. The van der Waals surface area contributed by atoms with Gasteiger partial charge in [-0.15, -0.1) is 0 Å². The van der Waals surface area contributed by atoms with Gasteiger partial charge in [0.1, 0.15) is 0 Å². The minimum Gasteiger partial charge on any atom is -0.310 e. The van der Waals surface area contributed by atoms with E-state index in [9.17, 15) is 0 Å². The molecule has 0 fully saturated rings. The van der Waals surface area contributed by atoms with Crippen molar-refractivity contribution in [1.82, 2.24) is 0 Å². The third-order valence-electron chi connectivity index (χ3n) is 18.3. The van der Waals surface area contributed by atoms with Gasteiger partial charge in [0.2, 0.25) is 0 Å². The molecule has 0 aromatic heterocycles. The summed E-state index contributed by atoms with van der Waals surface area (Å²) in [7, 11) is 0. The van der Waals surface area contributed by atoms with Crippen molar-refractivity contribution in [3.8, 4) is 33.4 Å². The molecular formula is C73H67N. The highest BCUT2D eigenvalue weighted by atomic mass is 15.1. The molecule has 10 aromatic carbocycles. The Balaban J connectivity index is 1.13. The van der Waals surface area contributed by atoms with E-state index in [1.54, 1.807) is 0 Å². The molecule has 364 valence electrons. The van der Waals surface area contributed by atoms with Crippen LogP contribution in [0.25, 0.3) is 54.9 Å². The smallest absolute Gasteiger partial charge is 0.0714 e. The molecular weight excluding hydrogens is 891 g/mol. The summed E-state index contributed by atoms with van der Waals surface area (Å²) >= 11 is 0. The van der Waals surface area contributed by atoms with Crippen LogP contribution in [0.5, 0.6) is 0 Å². The van der Waals surface area contributed by atoms with Crippen molar-refractivity contribution in [2.75, 3.05) is 4.90 Å². The summed E-state index contributed by atoms with van der Waals surface area (Å²) in [4.78, 5) is 2.62. The van der Waals surface area contributed by atoms with Crippen molar-refractivity contribution in [2.24, 2.45) is 0 Å². The van der Waals surface area contributed by atoms with Gasteiger partial charge in [-0.25, -0.2) is 0 Å². The SMILES string of the molecule is CC1(C)CCC(C)(C)c2cc(-c3cc4c(cc3N(c3ccc(-c5cc6ccccc6c6ccccc56)cc3)c3ccc5c(c3)C(C)(C)CCC5(C)C)C(c3ccccc3)(c3ccccc3)c3ccccc3-4)ccc21. The maximum Gasteiger partial charge on any atom is 0.0714 e. The number of anilines is 3. The van der Waals surface area contributed by atoms with Gasteiger partial charge in [-0.3, -0.25) is 0 Å². The minimum atomic E-state index is -0.571. The molecule has 1 heteroatoms. The van der Waals surface area contributed by atoms with Crippen molar-refractivity contribution in [2.45, 2.75) is 108 Å². The Morgan fingerprint density at radius 1 is 0.297 bits per heavy atom. The molecule has 3 aliphatic carbocycles. The van der Waals surface area contributed by atoms with Gasteiger partial charge in [0.25, 0.3) is 0 Å². The van der Waals surface area contributed by atoms with Crippen molar-refractivity contribution in [1.29, 1.82) is 0 Å². The lowest BCUT2D eigenvalue weighted by molar-refractivity contribution is 0.332. The van der Waals surface area contributed by atoms with Crippen LogP contribution in [0.3, 0.4) is 0 Å². The molecule has 74 heavy (non-hydrogen) atoms. The van der Waals surface area contributed by atoms with Gasteiger partial charge in [-0.2, -0.15) is 0 Å². The van der Waals surface area contributed by atoms with Crippen molar-refractivity contribution >= 4 is 38.6 Å². The molecule has 0 saturated heterocycles. The number of hydrogen-bond donors (Lipinski definition) is 0. The lowest BCUT2D eigenvalue weighted by Crippen LogP contribution is -2.34. The maximum atomic E-state index is 2.62. The van der Waals surface area contributed by atoms with Crippen LogP contribution < -0.4 is 4.90 Å². The van der Waals surface area contributed by atoms with E-state index in [1.807, 2.05) is 0 Å². The normalized spacial score (nSPS) is 17.2. The molecule has 13 rings (SSSR count). The van der Waals surface area contributed by atoms with Crippen LogP contribution in [0.15, 0.2) is 212 Å². The molecule has 0 amide bonds. The van der Waals surface area contributed by atoms with Crippen LogP contribution in [-0.2, 0) is 27.1 Å². The fourth-order valence-electron chi connectivity index (χ4n) is 13.9. The average Bonchev–Trinajstić information content (AvgIpc) is 3.73. The highest BCUT2D eigenvalue weighted by molar-refractivity contribution is 6.14. The topological polar surface area (TPSA) is 3.24 Å². The highest BCUT2D eigenvalue weighted by Gasteiger charge is 2.47.